The number of hydrogen-bond donors (Lipinski definition) is 1. The van der Waals surface area contributed by atoms with Gasteiger partial charge < -0.3 is 14.2 Å². The number of para-hydroxylation sites is 1. The van der Waals surface area contributed by atoms with Gasteiger partial charge in [-0.1, -0.05) is 57.6 Å². The van der Waals surface area contributed by atoms with E-state index in [1.165, 1.54) is 43.9 Å². The van der Waals surface area contributed by atoms with Crippen molar-refractivity contribution in [3.63, 3.8) is 0 Å². The van der Waals surface area contributed by atoms with Gasteiger partial charge in [-0.3, -0.25) is 9.35 Å². The Hall–Kier alpha value is -2.13. The summed E-state index contributed by atoms with van der Waals surface area (Å²) in [5, 5.41) is 0. The fourth-order valence-electron chi connectivity index (χ4n) is 2.45. The molecule has 0 aliphatic heterocycles. The highest BCUT2D eigenvalue weighted by Crippen LogP contribution is 2.23. The van der Waals surface area contributed by atoms with Crippen molar-refractivity contribution in [3.8, 4) is 5.75 Å². The van der Waals surface area contributed by atoms with Crippen molar-refractivity contribution in [2.75, 3.05) is 13.2 Å². The third-order valence-electron chi connectivity index (χ3n) is 3.87. The molecule has 158 valence electrons. The summed E-state index contributed by atoms with van der Waals surface area (Å²) >= 11 is 0. The highest BCUT2D eigenvalue weighted by atomic mass is 32.2. The molecule has 1 N–H and O–H groups in total. The summed E-state index contributed by atoms with van der Waals surface area (Å²) < 4.78 is 45.9. The summed E-state index contributed by atoms with van der Waals surface area (Å²) in [6.07, 6.45) is 6.85. The molecular formula is C19H28O8S. The minimum Gasteiger partial charge on any atom is -0.462 e. The second kappa shape index (κ2) is 13.1. The van der Waals surface area contributed by atoms with Gasteiger partial charge in [0.15, 0.2) is 5.75 Å². The zero-order valence-electron chi connectivity index (χ0n) is 16.1. The Labute approximate surface area is 165 Å². The van der Waals surface area contributed by atoms with Gasteiger partial charge in [-0.2, -0.15) is 8.42 Å². The Morgan fingerprint density at radius 1 is 0.929 bits per heavy atom. The summed E-state index contributed by atoms with van der Waals surface area (Å²) in [5.74, 6) is -0.715. The van der Waals surface area contributed by atoms with Gasteiger partial charge in [0.05, 0.1) is 0 Å². The van der Waals surface area contributed by atoms with Gasteiger partial charge in [-0.05, 0) is 18.6 Å². The van der Waals surface area contributed by atoms with Crippen LogP contribution in [0, 0.1) is 0 Å². The van der Waals surface area contributed by atoms with E-state index in [1.54, 1.807) is 0 Å². The average Bonchev–Trinajstić information content (AvgIpc) is 2.64. The maximum atomic E-state index is 11.6. The topological polar surface area (TPSA) is 116 Å². The number of rotatable bonds is 13. The second-order valence-electron chi connectivity index (χ2n) is 6.21. The zero-order valence-corrected chi connectivity index (χ0v) is 16.9. The van der Waals surface area contributed by atoms with Crippen LogP contribution in [0.15, 0.2) is 29.2 Å². The van der Waals surface area contributed by atoms with E-state index in [-0.39, 0.29) is 24.9 Å². The monoisotopic (exact) mass is 416 g/mol. The molecule has 1 aromatic rings. The van der Waals surface area contributed by atoms with E-state index in [2.05, 4.69) is 6.92 Å². The van der Waals surface area contributed by atoms with Gasteiger partial charge in [0.25, 0.3) is 10.1 Å². The van der Waals surface area contributed by atoms with Crippen LogP contribution in [0.3, 0.4) is 0 Å². The molecule has 0 aliphatic carbocycles. The highest BCUT2D eigenvalue weighted by molar-refractivity contribution is 7.86. The van der Waals surface area contributed by atoms with Crippen molar-refractivity contribution in [2.45, 2.75) is 63.2 Å². The normalized spacial score (nSPS) is 11.1. The smallest absolute Gasteiger partial charge is 0.462 e. The van der Waals surface area contributed by atoms with Crippen LogP contribution in [0.25, 0.3) is 0 Å². The molecule has 0 radical (unpaired) electrons. The highest BCUT2D eigenvalue weighted by Gasteiger charge is 2.18. The van der Waals surface area contributed by atoms with E-state index in [0.717, 1.165) is 25.3 Å². The number of ether oxygens (including phenoxy) is 3. The Kier molecular flexibility index (Phi) is 11.2. The number of carbonyl (C=O) groups excluding carboxylic acids is 2. The fraction of sp³-hybridized carbons (Fsp3) is 0.579. The standard InChI is InChI=1S/C19H28O8S/c1-2-3-4-5-6-7-8-13-18(20)25-14-15-26-19(21)27-16-11-9-10-12-17(16)28(22,23)24/h9-12H,2-8,13-15H2,1H3,(H,22,23,24). The van der Waals surface area contributed by atoms with E-state index in [1.807, 2.05) is 0 Å². The molecule has 0 bridgehead atoms. The number of benzene rings is 1. The minimum atomic E-state index is -4.54. The molecule has 0 unspecified atom stereocenters. The van der Waals surface area contributed by atoms with Crippen molar-refractivity contribution in [2.24, 2.45) is 0 Å². The van der Waals surface area contributed by atoms with Crippen molar-refractivity contribution in [1.29, 1.82) is 0 Å². The molecule has 8 nitrogen and oxygen atoms in total. The lowest BCUT2D eigenvalue weighted by molar-refractivity contribution is -0.144. The number of unbranched alkanes of at least 4 members (excludes halogenated alkanes) is 6. The first-order valence-electron chi connectivity index (χ1n) is 9.41. The van der Waals surface area contributed by atoms with Gasteiger partial charge in [-0.25, -0.2) is 4.79 Å². The molecule has 0 spiro atoms. The van der Waals surface area contributed by atoms with Crippen LogP contribution >= 0.6 is 0 Å². The molecule has 0 saturated carbocycles. The van der Waals surface area contributed by atoms with Crippen molar-refractivity contribution in [1.82, 2.24) is 0 Å². The first-order chi connectivity index (χ1) is 13.3. The molecule has 0 amide bonds. The Bertz CT molecular complexity index is 714. The molecule has 0 heterocycles. The van der Waals surface area contributed by atoms with Gasteiger partial charge >= 0.3 is 12.1 Å². The molecule has 28 heavy (non-hydrogen) atoms. The first kappa shape index (κ1) is 23.9. The molecule has 0 atom stereocenters. The minimum absolute atomic E-state index is 0.121. The summed E-state index contributed by atoms with van der Waals surface area (Å²) in [4.78, 5) is 22.6. The summed E-state index contributed by atoms with van der Waals surface area (Å²) in [5.41, 5.74) is 0. The molecule has 0 aromatic heterocycles. The van der Waals surface area contributed by atoms with Crippen LogP contribution < -0.4 is 4.74 Å². The van der Waals surface area contributed by atoms with Crippen molar-refractivity contribution < 1.29 is 36.8 Å². The van der Waals surface area contributed by atoms with Crippen LogP contribution in [0.4, 0.5) is 4.79 Å². The molecule has 9 heteroatoms. The van der Waals surface area contributed by atoms with Crippen LogP contribution in [-0.4, -0.2) is 38.3 Å². The SMILES string of the molecule is CCCCCCCCCC(=O)OCCOC(=O)Oc1ccccc1S(=O)(=O)O. The van der Waals surface area contributed by atoms with Gasteiger partial charge in [0.2, 0.25) is 0 Å². The van der Waals surface area contributed by atoms with Crippen molar-refractivity contribution >= 4 is 22.2 Å². The average molecular weight is 416 g/mol. The third kappa shape index (κ3) is 10.3. The van der Waals surface area contributed by atoms with Gasteiger partial charge in [-0.15, -0.1) is 0 Å². The largest absolute Gasteiger partial charge is 0.514 e. The molecular weight excluding hydrogens is 388 g/mol. The molecule has 1 aromatic carbocycles. The predicted octanol–water partition coefficient (Wildman–Crippen LogP) is 4.13. The van der Waals surface area contributed by atoms with E-state index >= 15 is 0 Å². The Morgan fingerprint density at radius 3 is 2.21 bits per heavy atom. The summed E-state index contributed by atoms with van der Waals surface area (Å²) in [6, 6.07) is 5.09. The second-order valence-corrected chi connectivity index (χ2v) is 7.60. The summed E-state index contributed by atoms with van der Waals surface area (Å²) in [6.45, 7) is 1.82. The molecule has 0 fully saturated rings. The van der Waals surface area contributed by atoms with E-state index in [9.17, 15) is 18.0 Å². The van der Waals surface area contributed by atoms with Crippen LogP contribution in [-0.2, 0) is 24.4 Å². The fourth-order valence-corrected chi connectivity index (χ4v) is 3.06. The number of carbonyl (C=O) groups is 2. The van der Waals surface area contributed by atoms with Crippen molar-refractivity contribution in [3.05, 3.63) is 24.3 Å². The Balaban J connectivity index is 2.18. The lowest BCUT2D eigenvalue weighted by atomic mass is 10.1. The van der Waals surface area contributed by atoms with Gasteiger partial charge in [0.1, 0.15) is 18.1 Å². The van der Waals surface area contributed by atoms with E-state index in [0.29, 0.717) is 6.42 Å². The molecule has 0 aliphatic rings. The van der Waals surface area contributed by atoms with Gasteiger partial charge in [0, 0.05) is 6.42 Å². The maximum Gasteiger partial charge on any atom is 0.514 e. The predicted molar refractivity (Wildman–Crippen MR) is 102 cm³/mol. The quantitative estimate of drug-likeness (QED) is 0.221. The van der Waals surface area contributed by atoms with E-state index in [4.69, 9.17) is 18.8 Å². The lowest BCUT2D eigenvalue weighted by Gasteiger charge is -2.09. The number of hydrogen-bond acceptors (Lipinski definition) is 7. The zero-order chi connectivity index (χ0) is 20.8. The number of esters is 1. The molecule has 1 rings (SSSR count). The van der Waals surface area contributed by atoms with Crippen LogP contribution in [0.1, 0.15) is 58.3 Å². The maximum absolute atomic E-state index is 11.6. The lowest BCUT2D eigenvalue weighted by Crippen LogP contribution is -2.17. The third-order valence-corrected chi connectivity index (χ3v) is 4.76. The molecule has 0 saturated heterocycles. The van der Waals surface area contributed by atoms with Crippen LogP contribution in [0.2, 0.25) is 0 Å². The van der Waals surface area contributed by atoms with E-state index < -0.39 is 21.2 Å². The Morgan fingerprint density at radius 2 is 1.54 bits per heavy atom. The summed E-state index contributed by atoms with van der Waals surface area (Å²) in [7, 11) is -4.54. The van der Waals surface area contributed by atoms with Crippen LogP contribution in [0.5, 0.6) is 5.75 Å². The first-order valence-corrected chi connectivity index (χ1v) is 10.9.